The van der Waals surface area contributed by atoms with Crippen LogP contribution in [0.3, 0.4) is 0 Å². The summed E-state index contributed by atoms with van der Waals surface area (Å²) < 4.78 is 26.3. The molecule has 1 unspecified atom stereocenters. The summed E-state index contributed by atoms with van der Waals surface area (Å²) in [6.07, 6.45) is 3.29. The van der Waals surface area contributed by atoms with E-state index in [2.05, 4.69) is 12.2 Å². The summed E-state index contributed by atoms with van der Waals surface area (Å²) in [5, 5.41) is 3.26. The van der Waals surface area contributed by atoms with E-state index in [4.69, 9.17) is 0 Å². The van der Waals surface area contributed by atoms with Crippen molar-refractivity contribution < 1.29 is 13.6 Å². The highest BCUT2D eigenvalue weighted by molar-refractivity contribution is 5.82. The normalized spacial score (nSPS) is 19.1. The monoisotopic (exact) mass is 296 g/mol. The van der Waals surface area contributed by atoms with Crippen LogP contribution in [0.1, 0.15) is 31.7 Å². The van der Waals surface area contributed by atoms with Crippen molar-refractivity contribution in [3.8, 4) is 0 Å². The second-order valence-corrected chi connectivity index (χ2v) is 5.50. The molecule has 1 aromatic carbocycles. The van der Waals surface area contributed by atoms with E-state index in [1.54, 1.807) is 4.90 Å². The number of amides is 1. The smallest absolute Gasteiger partial charge is 0.239 e. The lowest BCUT2D eigenvalue weighted by atomic mass is 10.0. The van der Waals surface area contributed by atoms with Crippen molar-refractivity contribution >= 4 is 5.91 Å². The highest BCUT2D eigenvalue weighted by Gasteiger charge is 2.27. The number of benzene rings is 1. The van der Waals surface area contributed by atoms with Gasteiger partial charge in [0.05, 0.1) is 6.04 Å². The molecule has 1 aliphatic rings. The third kappa shape index (κ3) is 4.49. The fourth-order valence-electron chi connectivity index (χ4n) is 2.69. The molecule has 0 saturated carbocycles. The van der Waals surface area contributed by atoms with Crippen LogP contribution in [0.15, 0.2) is 18.2 Å². The van der Waals surface area contributed by atoms with Crippen molar-refractivity contribution in [2.24, 2.45) is 0 Å². The van der Waals surface area contributed by atoms with Crippen LogP contribution in [-0.4, -0.2) is 36.5 Å². The number of carbonyl (C=O) groups excluding carboxylic acids is 1. The third-order valence-corrected chi connectivity index (χ3v) is 3.76. The maximum atomic E-state index is 13.1. The van der Waals surface area contributed by atoms with Crippen molar-refractivity contribution in [3.05, 3.63) is 35.4 Å². The quantitative estimate of drug-likeness (QED) is 0.875. The van der Waals surface area contributed by atoms with Gasteiger partial charge in [0.25, 0.3) is 0 Å². The number of hydrogen-bond donors (Lipinski definition) is 1. The summed E-state index contributed by atoms with van der Waals surface area (Å²) in [7, 11) is 0. The number of rotatable bonds is 6. The number of nitrogens with zero attached hydrogens (tertiary/aromatic N) is 1. The first-order valence-electron chi connectivity index (χ1n) is 7.57. The molecule has 1 amide bonds. The maximum Gasteiger partial charge on any atom is 0.239 e. The van der Waals surface area contributed by atoms with Gasteiger partial charge in [-0.2, -0.15) is 0 Å². The summed E-state index contributed by atoms with van der Waals surface area (Å²) in [6, 6.07) is 3.40. The van der Waals surface area contributed by atoms with Gasteiger partial charge in [-0.3, -0.25) is 4.79 Å². The molecule has 1 N–H and O–H groups in total. The lowest BCUT2D eigenvalue weighted by molar-refractivity contribution is -0.135. The summed E-state index contributed by atoms with van der Waals surface area (Å²) in [5.74, 6) is -1.04. The van der Waals surface area contributed by atoms with Crippen LogP contribution in [0.2, 0.25) is 0 Å². The van der Waals surface area contributed by atoms with Crippen LogP contribution in [-0.2, 0) is 11.2 Å². The largest absolute Gasteiger partial charge is 0.341 e. The van der Waals surface area contributed by atoms with E-state index in [1.165, 1.54) is 12.1 Å². The molecule has 1 atom stereocenters. The summed E-state index contributed by atoms with van der Waals surface area (Å²) >= 11 is 0. The number of carbonyl (C=O) groups is 1. The van der Waals surface area contributed by atoms with Crippen LogP contribution < -0.4 is 5.32 Å². The predicted octanol–water partition coefficient (Wildman–Crippen LogP) is 2.50. The van der Waals surface area contributed by atoms with Crippen molar-refractivity contribution in [3.63, 3.8) is 0 Å². The molecule has 0 aromatic heterocycles. The molecular formula is C16H22F2N2O. The van der Waals surface area contributed by atoms with E-state index in [9.17, 15) is 13.6 Å². The third-order valence-electron chi connectivity index (χ3n) is 3.76. The molecule has 0 bridgehead atoms. The van der Waals surface area contributed by atoms with Crippen molar-refractivity contribution in [2.45, 2.75) is 38.6 Å². The molecule has 0 spiro atoms. The summed E-state index contributed by atoms with van der Waals surface area (Å²) in [4.78, 5) is 14.1. The zero-order valence-electron chi connectivity index (χ0n) is 12.4. The Hall–Kier alpha value is -1.49. The Morgan fingerprint density at radius 3 is 2.67 bits per heavy atom. The first-order valence-corrected chi connectivity index (χ1v) is 7.57. The van der Waals surface area contributed by atoms with Gasteiger partial charge in [0.15, 0.2) is 0 Å². The van der Waals surface area contributed by atoms with Gasteiger partial charge in [-0.05, 0) is 49.9 Å². The molecule has 21 heavy (non-hydrogen) atoms. The fourth-order valence-corrected chi connectivity index (χ4v) is 2.69. The second-order valence-electron chi connectivity index (χ2n) is 5.50. The molecule has 5 heteroatoms. The number of halogens is 2. The Balaban J connectivity index is 1.91. The molecule has 1 fully saturated rings. The van der Waals surface area contributed by atoms with E-state index in [1.807, 2.05) is 0 Å². The van der Waals surface area contributed by atoms with Gasteiger partial charge < -0.3 is 10.2 Å². The van der Waals surface area contributed by atoms with Crippen LogP contribution in [0, 0.1) is 11.6 Å². The van der Waals surface area contributed by atoms with Crippen molar-refractivity contribution in [2.75, 3.05) is 19.6 Å². The highest BCUT2D eigenvalue weighted by Crippen LogP contribution is 2.14. The van der Waals surface area contributed by atoms with Crippen LogP contribution in [0.4, 0.5) is 8.78 Å². The molecule has 1 aromatic rings. The predicted molar refractivity (Wildman–Crippen MR) is 78.0 cm³/mol. The lowest BCUT2D eigenvalue weighted by Gasteiger charge is -2.32. The molecule has 2 rings (SSSR count). The van der Waals surface area contributed by atoms with Gasteiger partial charge in [-0.25, -0.2) is 8.78 Å². The Kier molecular flexibility index (Phi) is 5.67. The number of hydrogen-bond acceptors (Lipinski definition) is 2. The molecule has 1 aliphatic heterocycles. The molecule has 1 saturated heterocycles. The zero-order valence-corrected chi connectivity index (χ0v) is 12.4. The van der Waals surface area contributed by atoms with Gasteiger partial charge in [-0.1, -0.05) is 6.92 Å². The average Bonchev–Trinajstić information content (AvgIpc) is 2.44. The minimum absolute atomic E-state index is 0.103. The van der Waals surface area contributed by atoms with Gasteiger partial charge in [0.1, 0.15) is 11.6 Å². The summed E-state index contributed by atoms with van der Waals surface area (Å²) in [6.45, 7) is 4.13. The van der Waals surface area contributed by atoms with Gasteiger partial charge in [0, 0.05) is 19.2 Å². The Labute approximate surface area is 124 Å². The second kappa shape index (κ2) is 7.50. The average molecular weight is 296 g/mol. The Morgan fingerprint density at radius 1 is 1.29 bits per heavy atom. The first kappa shape index (κ1) is 15.9. The van der Waals surface area contributed by atoms with E-state index >= 15 is 0 Å². The van der Waals surface area contributed by atoms with Crippen molar-refractivity contribution in [1.82, 2.24) is 10.2 Å². The maximum absolute atomic E-state index is 13.1. The minimum Gasteiger partial charge on any atom is -0.341 e. The Bertz CT molecular complexity index is 473. The van der Waals surface area contributed by atoms with Crippen LogP contribution >= 0.6 is 0 Å². The molecule has 3 nitrogen and oxygen atoms in total. The molecule has 0 aliphatic carbocycles. The van der Waals surface area contributed by atoms with E-state index in [-0.39, 0.29) is 11.9 Å². The van der Waals surface area contributed by atoms with Crippen LogP contribution in [0.25, 0.3) is 0 Å². The van der Waals surface area contributed by atoms with Gasteiger partial charge in [-0.15, -0.1) is 0 Å². The molecule has 1 heterocycles. The topological polar surface area (TPSA) is 32.3 Å². The lowest BCUT2D eigenvalue weighted by Crippen LogP contribution is -2.51. The minimum atomic E-state index is -0.572. The van der Waals surface area contributed by atoms with Gasteiger partial charge >= 0.3 is 0 Å². The molecular weight excluding hydrogens is 274 g/mol. The van der Waals surface area contributed by atoms with E-state index in [0.29, 0.717) is 18.5 Å². The van der Waals surface area contributed by atoms with E-state index in [0.717, 1.165) is 38.4 Å². The first-order chi connectivity index (χ1) is 10.1. The van der Waals surface area contributed by atoms with Crippen LogP contribution in [0.5, 0.6) is 0 Å². The van der Waals surface area contributed by atoms with Crippen molar-refractivity contribution in [1.29, 1.82) is 0 Å². The summed E-state index contributed by atoms with van der Waals surface area (Å²) in [5.41, 5.74) is 0.587. The highest BCUT2D eigenvalue weighted by atomic mass is 19.1. The molecule has 116 valence electrons. The number of piperidine rings is 1. The zero-order chi connectivity index (χ0) is 15.2. The standard InChI is InChI=1S/C16H22F2N2O/c1-2-6-19-15-4-3-7-20(16(15)21)8-5-12-9-13(17)11-14(18)10-12/h9-11,15,19H,2-8H2,1H3. The van der Waals surface area contributed by atoms with E-state index < -0.39 is 11.6 Å². The van der Waals surface area contributed by atoms with Gasteiger partial charge in [0.2, 0.25) is 5.91 Å². The SMILES string of the molecule is CCCNC1CCCN(CCc2cc(F)cc(F)c2)C1=O. The molecule has 0 radical (unpaired) electrons. The number of nitrogens with one attached hydrogen (secondary N) is 1. The fraction of sp³-hybridized carbons (Fsp3) is 0.562. The Morgan fingerprint density at radius 2 is 2.00 bits per heavy atom. The number of likely N-dealkylation sites (tertiary alicyclic amines) is 1.